The van der Waals surface area contributed by atoms with Gasteiger partial charge in [-0.15, -0.1) is 0 Å². The van der Waals surface area contributed by atoms with Crippen molar-refractivity contribution in [2.75, 3.05) is 6.54 Å². The van der Waals surface area contributed by atoms with Crippen molar-refractivity contribution in [2.45, 2.75) is 31.1 Å². The fourth-order valence-electron chi connectivity index (χ4n) is 3.31. The Morgan fingerprint density at radius 2 is 1.88 bits per heavy atom. The molecule has 4 nitrogen and oxygen atoms in total. The van der Waals surface area contributed by atoms with Gasteiger partial charge >= 0.3 is 5.97 Å². The van der Waals surface area contributed by atoms with Crippen LogP contribution >= 0.6 is 0 Å². The van der Waals surface area contributed by atoms with E-state index in [9.17, 15) is 14.0 Å². The monoisotopic (exact) mass is 341 g/mol. The number of rotatable bonds is 6. The van der Waals surface area contributed by atoms with Crippen LogP contribution in [0.3, 0.4) is 0 Å². The zero-order valence-corrected chi connectivity index (χ0v) is 13.8. The highest BCUT2D eigenvalue weighted by Crippen LogP contribution is 2.44. The van der Waals surface area contributed by atoms with Gasteiger partial charge in [0, 0.05) is 6.54 Å². The van der Waals surface area contributed by atoms with Gasteiger partial charge in [0.05, 0.1) is 11.0 Å². The van der Waals surface area contributed by atoms with E-state index >= 15 is 0 Å². The number of carboxylic acid groups (broad SMARTS) is 1. The second-order valence-corrected chi connectivity index (χ2v) is 6.46. The second-order valence-electron chi connectivity index (χ2n) is 6.46. The minimum absolute atomic E-state index is 0.0845. The Morgan fingerprint density at radius 3 is 2.52 bits per heavy atom. The molecule has 0 radical (unpaired) electrons. The SMILES string of the molecule is O=C(O)c1cccc(CCNC(=O)C2(c3cccc(F)c3)CCC2)c1. The first-order chi connectivity index (χ1) is 12.0. The number of benzene rings is 2. The van der Waals surface area contributed by atoms with Crippen molar-refractivity contribution in [3.63, 3.8) is 0 Å². The smallest absolute Gasteiger partial charge is 0.335 e. The molecule has 1 saturated carbocycles. The fraction of sp³-hybridized carbons (Fsp3) is 0.300. The predicted octanol–water partition coefficient (Wildman–Crippen LogP) is 3.30. The number of carbonyl (C=O) groups is 2. The summed E-state index contributed by atoms with van der Waals surface area (Å²) in [5.74, 6) is -1.38. The summed E-state index contributed by atoms with van der Waals surface area (Å²) in [7, 11) is 0. The van der Waals surface area contributed by atoms with E-state index in [0.717, 1.165) is 30.4 Å². The number of carbonyl (C=O) groups excluding carboxylic acids is 1. The Morgan fingerprint density at radius 1 is 1.12 bits per heavy atom. The molecule has 0 saturated heterocycles. The molecule has 25 heavy (non-hydrogen) atoms. The van der Waals surface area contributed by atoms with E-state index in [1.54, 1.807) is 24.3 Å². The zero-order valence-electron chi connectivity index (χ0n) is 13.8. The minimum atomic E-state index is -0.967. The largest absolute Gasteiger partial charge is 0.478 e. The predicted molar refractivity (Wildman–Crippen MR) is 92.0 cm³/mol. The molecule has 0 atom stereocenters. The number of amides is 1. The van der Waals surface area contributed by atoms with E-state index in [0.29, 0.717) is 13.0 Å². The average Bonchev–Trinajstić information content (AvgIpc) is 2.54. The van der Waals surface area contributed by atoms with Gasteiger partial charge in [0.15, 0.2) is 0 Å². The summed E-state index contributed by atoms with van der Waals surface area (Å²) in [5, 5.41) is 11.9. The molecule has 130 valence electrons. The lowest BCUT2D eigenvalue weighted by atomic mass is 9.64. The third kappa shape index (κ3) is 3.55. The maximum Gasteiger partial charge on any atom is 0.335 e. The number of nitrogens with one attached hydrogen (secondary N) is 1. The first-order valence-electron chi connectivity index (χ1n) is 8.38. The Kier molecular flexibility index (Phi) is 4.83. The number of aromatic carboxylic acids is 1. The van der Waals surface area contributed by atoms with Crippen molar-refractivity contribution >= 4 is 11.9 Å². The Hall–Kier alpha value is -2.69. The van der Waals surface area contributed by atoms with Crippen LogP contribution in [0.2, 0.25) is 0 Å². The van der Waals surface area contributed by atoms with E-state index in [1.165, 1.54) is 18.2 Å². The van der Waals surface area contributed by atoms with Gasteiger partial charge in [-0.25, -0.2) is 9.18 Å². The van der Waals surface area contributed by atoms with Crippen LogP contribution in [0.1, 0.15) is 40.7 Å². The number of carboxylic acids is 1. The van der Waals surface area contributed by atoms with Crippen LogP contribution < -0.4 is 5.32 Å². The molecule has 0 heterocycles. The van der Waals surface area contributed by atoms with E-state index in [2.05, 4.69) is 5.32 Å². The third-order valence-electron chi connectivity index (χ3n) is 4.89. The molecule has 2 N–H and O–H groups in total. The Labute approximate surface area is 145 Å². The highest BCUT2D eigenvalue weighted by molar-refractivity contribution is 5.89. The standard InChI is InChI=1S/C20H20FNO3/c21-17-7-2-6-16(13-17)20(9-3-10-20)19(25)22-11-8-14-4-1-5-15(12-14)18(23)24/h1-2,4-7,12-13H,3,8-11H2,(H,22,25)(H,23,24). The highest BCUT2D eigenvalue weighted by atomic mass is 19.1. The Bertz CT molecular complexity index is 799. The van der Waals surface area contributed by atoms with Crippen molar-refractivity contribution in [3.05, 3.63) is 71.0 Å². The van der Waals surface area contributed by atoms with E-state index < -0.39 is 11.4 Å². The van der Waals surface area contributed by atoms with Gasteiger partial charge in [-0.3, -0.25) is 4.79 Å². The van der Waals surface area contributed by atoms with E-state index in [-0.39, 0.29) is 17.3 Å². The minimum Gasteiger partial charge on any atom is -0.478 e. The van der Waals surface area contributed by atoms with Gasteiger partial charge in [-0.2, -0.15) is 0 Å². The number of hydrogen-bond donors (Lipinski definition) is 2. The van der Waals surface area contributed by atoms with Crippen LogP contribution in [-0.2, 0) is 16.6 Å². The lowest BCUT2D eigenvalue weighted by Gasteiger charge is -2.40. The van der Waals surface area contributed by atoms with Crippen molar-refractivity contribution in [1.29, 1.82) is 0 Å². The molecule has 1 amide bonds. The van der Waals surface area contributed by atoms with Gasteiger partial charge in [0.25, 0.3) is 0 Å². The van der Waals surface area contributed by atoms with Crippen LogP contribution in [0.5, 0.6) is 0 Å². The topological polar surface area (TPSA) is 66.4 Å². The van der Waals surface area contributed by atoms with Gasteiger partial charge in [0.2, 0.25) is 5.91 Å². The molecule has 3 rings (SSSR count). The van der Waals surface area contributed by atoms with Crippen LogP contribution in [-0.4, -0.2) is 23.5 Å². The molecule has 0 bridgehead atoms. The molecule has 0 aromatic heterocycles. The number of halogens is 1. The molecular formula is C20H20FNO3. The lowest BCUT2D eigenvalue weighted by Crippen LogP contribution is -2.49. The molecule has 1 aliphatic rings. The van der Waals surface area contributed by atoms with Crippen molar-refractivity contribution in [2.24, 2.45) is 0 Å². The van der Waals surface area contributed by atoms with Gasteiger partial charge in [0.1, 0.15) is 5.82 Å². The molecule has 5 heteroatoms. The maximum absolute atomic E-state index is 13.5. The molecule has 1 aliphatic carbocycles. The van der Waals surface area contributed by atoms with Gasteiger partial charge in [-0.05, 0) is 54.7 Å². The van der Waals surface area contributed by atoms with Crippen molar-refractivity contribution in [3.8, 4) is 0 Å². The zero-order chi connectivity index (χ0) is 17.9. The summed E-state index contributed by atoms with van der Waals surface area (Å²) in [6.45, 7) is 0.416. The molecule has 0 aliphatic heterocycles. The van der Waals surface area contributed by atoms with Crippen LogP contribution in [0.25, 0.3) is 0 Å². The summed E-state index contributed by atoms with van der Waals surface area (Å²) in [4.78, 5) is 23.7. The molecule has 1 fully saturated rings. The van der Waals surface area contributed by atoms with Crippen molar-refractivity contribution < 1.29 is 19.1 Å². The molecule has 2 aromatic carbocycles. The summed E-state index contributed by atoms with van der Waals surface area (Å²) in [6.07, 6.45) is 2.93. The highest BCUT2D eigenvalue weighted by Gasteiger charge is 2.45. The molecule has 0 unspecified atom stereocenters. The van der Waals surface area contributed by atoms with Gasteiger partial charge in [-0.1, -0.05) is 30.7 Å². The van der Waals surface area contributed by atoms with Crippen LogP contribution in [0.4, 0.5) is 4.39 Å². The quantitative estimate of drug-likeness (QED) is 0.847. The van der Waals surface area contributed by atoms with Crippen molar-refractivity contribution in [1.82, 2.24) is 5.32 Å². The van der Waals surface area contributed by atoms with Gasteiger partial charge < -0.3 is 10.4 Å². The summed E-state index contributed by atoms with van der Waals surface area (Å²) >= 11 is 0. The summed E-state index contributed by atoms with van der Waals surface area (Å²) < 4.78 is 13.5. The number of hydrogen-bond acceptors (Lipinski definition) is 2. The second kappa shape index (κ2) is 7.05. The molecule has 2 aromatic rings. The van der Waals surface area contributed by atoms with Crippen LogP contribution in [0, 0.1) is 5.82 Å². The Balaban J connectivity index is 1.64. The van der Waals surface area contributed by atoms with Crippen LogP contribution in [0.15, 0.2) is 48.5 Å². The molecular weight excluding hydrogens is 321 g/mol. The summed E-state index contributed by atoms with van der Waals surface area (Å²) in [6, 6.07) is 12.9. The maximum atomic E-state index is 13.5. The lowest BCUT2D eigenvalue weighted by molar-refractivity contribution is -0.129. The average molecular weight is 341 g/mol. The third-order valence-corrected chi connectivity index (χ3v) is 4.89. The van der Waals surface area contributed by atoms with E-state index in [1.807, 2.05) is 6.07 Å². The summed E-state index contributed by atoms with van der Waals surface area (Å²) in [5.41, 5.74) is 1.18. The first-order valence-corrected chi connectivity index (χ1v) is 8.38. The first kappa shape index (κ1) is 17.1. The van der Waals surface area contributed by atoms with E-state index in [4.69, 9.17) is 5.11 Å². The normalized spacial score (nSPS) is 15.2. The fourth-order valence-corrected chi connectivity index (χ4v) is 3.31. The molecule has 0 spiro atoms.